The Labute approximate surface area is 112 Å². The summed E-state index contributed by atoms with van der Waals surface area (Å²) in [5, 5.41) is 11.7. The van der Waals surface area contributed by atoms with Gasteiger partial charge in [-0.15, -0.1) is 0 Å². The number of urea groups is 1. The monoisotopic (exact) mass is 262 g/mol. The molecule has 2 amide bonds. The van der Waals surface area contributed by atoms with Crippen LogP contribution < -0.4 is 5.32 Å². The SMILES string of the molecule is C=C(C)CN(C)C(=O)NC(C(=O)O)c1ccccc1. The van der Waals surface area contributed by atoms with Crippen molar-refractivity contribution in [1.82, 2.24) is 10.2 Å². The first-order chi connectivity index (χ1) is 8.91. The number of carbonyl (C=O) groups excluding carboxylic acids is 1. The molecule has 0 fully saturated rings. The van der Waals surface area contributed by atoms with Crippen molar-refractivity contribution < 1.29 is 14.7 Å². The van der Waals surface area contributed by atoms with Gasteiger partial charge in [0.2, 0.25) is 0 Å². The molecule has 0 radical (unpaired) electrons. The molecular formula is C14H18N2O3. The maximum absolute atomic E-state index is 11.9. The van der Waals surface area contributed by atoms with Gasteiger partial charge in [0.05, 0.1) is 0 Å². The maximum atomic E-state index is 11.9. The van der Waals surface area contributed by atoms with Crippen LogP contribution in [0.4, 0.5) is 4.79 Å². The summed E-state index contributed by atoms with van der Waals surface area (Å²) in [5.41, 5.74) is 1.36. The fourth-order valence-electron chi connectivity index (χ4n) is 1.64. The van der Waals surface area contributed by atoms with Gasteiger partial charge in [-0.05, 0) is 12.5 Å². The second kappa shape index (κ2) is 6.58. The Kier molecular flexibility index (Phi) is 5.11. The zero-order chi connectivity index (χ0) is 14.4. The highest BCUT2D eigenvalue weighted by atomic mass is 16.4. The Hall–Kier alpha value is -2.30. The lowest BCUT2D eigenvalue weighted by Crippen LogP contribution is -2.42. The van der Waals surface area contributed by atoms with Crippen molar-refractivity contribution in [3.8, 4) is 0 Å². The summed E-state index contributed by atoms with van der Waals surface area (Å²) in [6, 6.07) is 7.08. The molecule has 0 aliphatic heterocycles. The van der Waals surface area contributed by atoms with E-state index >= 15 is 0 Å². The predicted molar refractivity (Wildman–Crippen MR) is 72.8 cm³/mol. The molecule has 102 valence electrons. The first-order valence-corrected chi connectivity index (χ1v) is 5.85. The van der Waals surface area contributed by atoms with Gasteiger partial charge >= 0.3 is 12.0 Å². The standard InChI is InChI=1S/C14H18N2O3/c1-10(2)9-16(3)14(19)15-12(13(17)18)11-7-5-4-6-8-11/h4-8,12H,1,9H2,2-3H3,(H,15,19)(H,17,18). The molecule has 5 nitrogen and oxygen atoms in total. The van der Waals surface area contributed by atoms with Gasteiger partial charge in [0, 0.05) is 13.6 Å². The van der Waals surface area contributed by atoms with Gasteiger partial charge in [-0.2, -0.15) is 0 Å². The molecule has 5 heteroatoms. The van der Waals surface area contributed by atoms with Crippen LogP contribution in [0.15, 0.2) is 42.5 Å². The molecule has 1 atom stereocenters. The third-order valence-electron chi connectivity index (χ3n) is 2.50. The number of aliphatic carboxylic acids is 1. The number of amides is 2. The number of likely N-dealkylation sites (N-methyl/N-ethyl adjacent to an activating group) is 1. The van der Waals surface area contributed by atoms with Crippen LogP contribution in [0.25, 0.3) is 0 Å². The van der Waals surface area contributed by atoms with E-state index in [9.17, 15) is 14.7 Å². The molecule has 0 aliphatic carbocycles. The Morgan fingerprint density at radius 1 is 1.37 bits per heavy atom. The average Bonchev–Trinajstić information content (AvgIpc) is 2.35. The number of carboxylic acid groups (broad SMARTS) is 1. The van der Waals surface area contributed by atoms with E-state index in [0.29, 0.717) is 12.1 Å². The molecule has 0 aliphatic rings. The van der Waals surface area contributed by atoms with Crippen molar-refractivity contribution in [2.75, 3.05) is 13.6 Å². The average molecular weight is 262 g/mol. The lowest BCUT2D eigenvalue weighted by Gasteiger charge is -2.21. The van der Waals surface area contributed by atoms with Crippen molar-refractivity contribution in [2.45, 2.75) is 13.0 Å². The Balaban J connectivity index is 2.78. The zero-order valence-corrected chi connectivity index (χ0v) is 11.1. The van der Waals surface area contributed by atoms with Crippen molar-refractivity contribution in [2.24, 2.45) is 0 Å². The molecule has 0 saturated carbocycles. The quantitative estimate of drug-likeness (QED) is 0.798. The van der Waals surface area contributed by atoms with Gasteiger partial charge in [0.1, 0.15) is 0 Å². The minimum absolute atomic E-state index is 0.382. The molecule has 0 heterocycles. The lowest BCUT2D eigenvalue weighted by atomic mass is 10.1. The first-order valence-electron chi connectivity index (χ1n) is 5.85. The predicted octanol–water partition coefficient (Wildman–Crippen LogP) is 2.03. The Bertz CT molecular complexity index is 471. The van der Waals surface area contributed by atoms with Gasteiger partial charge < -0.3 is 15.3 Å². The van der Waals surface area contributed by atoms with E-state index in [0.717, 1.165) is 5.57 Å². The largest absolute Gasteiger partial charge is 0.479 e. The molecule has 0 aromatic heterocycles. The van der Waals surface area contributed by atoms with Gasteiger partial charge in [-0.3, -0.25) is 0 Å². The molecule has 1 aromatic rings. The fraction of sp³-hybridized carbons (Fsp3) is 0.286. The van der Waals surface area contributed by atoms with Crippen LogP contribution in [0, 0.1) is 0 Å². The van der Waals surface area contributed by atoms with Crippen LogP contribution in [0.2, 0.25) is 0 Å². The van der Waals surface area contributed by atoms with E-state index in [-0.39, 0.29) is 0 Å². The normalized spacial score (nSPS) is 11.5. The van der Waals surface area contributed by atoms with E-state index < -0.39 is 18.0 Å². The zero-order valence-electron chi connectivity index (χ0n) is 11.1. The van der Waals surface area contributed by atoms with Crippen molar-refractivity contribution in [1.29, 1.82) is 0 Å². The highest BCUT2D eigenvalue weighted by Gasteiger charge is 2.23. The van der Waals surface area contributed by atoms with E-state index in [4.69, 9.17) is 0 Å². The molecule has 0 saturated heterocycles. The minimum Gasteiger partial charge on any atom is -0.479 e. The summed E-state index contributed by atoms with van der Waals surface area (Å²) in [7, 11) is 1.59. The summed E-state index contributed by atoms with van der Waals surface area (Å²) in [6.07, 6.45) is 0. The van der Waals surface area contributed by atoms with Gasteiger partial charge in [0.15, 0.2) is 6.04 Å². The fourth-order valence-corrected chi connectivity index (χ4v) is 1.64. The second-order valence-electron chi connectivity index (χ2n) is 4.44. The van der Waals surface area contributed by atoms with Crippen LogP contribution in [0.3, 0.4) is 0 Å². The van der Waals surface area contributed by atoms with Crippen LogP contribution in [0.5, 0.6) is 0 Å². The lowest BCUT2D eigenvalue weighted by molar-refractivity contribution is -0.139. The third-order valence-corrected chi connectivity index (χ3v) is 2.50. The number of carbonyl (C=O) groups is 2. The third kappa shape index (κ3) is 4.46. The Morgan fingerprint density at radius 2 is 1.95 bits per heavy atom. The highest BCUT2D eigenvalue weighted by molar-refractivity contribution is 5.83. The molecule has 2 N–H and O–H groups in total. The van der Waals surface area contributed by atoms with Crippen molar-refractivity contribution in [3.63, 3.8) is 0 Å². The molecule has 0 bridgehead atoms. The maximum Gasteiger partial charge on any atom is 0.330 e. The van der Waals surface area contributed by atoms with Crippen LogP contribution >= 0.6 is 0 Å². The molecular weight excluding hydrogens is 244 g/mol. The number of hydrogen-bond acceptors (Lipinski definition) is 2. The summed E-state index contributed by atoms with van der Waals surface area (Å²) in [5.74, 6) is -1.09. The van der Waals surface area contributed by atoms with Crippen molar-refractivity contribution in [3.05, 3.63) is 48.0 Å². The van der Waals surface area contributed by atoms with E-state index in [1.807, 2.05) is 0 Å². The summed E-state index contributed by atoms with van der Waals surface area (Å²) >= 11 is 0. The molecule has 1 aromatic carbocycles. The molecule has 1 rings (SSSR count). The summed E-state index contributed by atoms with van der Waals surface area (Å²) < 4.78 is 0. The molecule has 0 spiro atoms. The number of carboxylic acids is 1. The number of nitrogens with one attached hydrogen (secondary N) is 1. The number of rotatable bonds is 5. The van der Waals surface area contributed by atoms with Crippen LogP contribution in [-0.2, 0) is 4.79 Å². The van der Waals surface area contributed by atoms with Crippen molar-refractivity contribution >= 4 is 12.0 Å². The van der Waals surface area contributed by atoms with E-state index in [1.54, 1.807) is 44.3 Å². The molecule has 19 heavy (non-hydrogen) atoms. The van der Waals surface area contributed by atoms with Gasteiger partial charge in [0.25, 0.3) is 0 Å². The van der Waals surface area contributed by atoms with Gasteiger partial charge in [-0.1, -0.05) is 42.5 Å². The first kappa shape index (κ1) is 14.8. The topological polar surface area (TPSA) is 69.6 Å². The summed E-state index contributed by atoms with van der Waals surface area (Å²) in [6.45, 7) is 5.90. The second-order valence-corrected chi connectivity index (χ2v) is 4.44. The Morgan fingerprint density at radius 3 is 2.42 bits per heavy atom. The number of nitrogens with zero attached hydrogens (tertiary/aromatic N) is 1. The number of benzene rings is 1. The van der Waals surface area contributed by atoms with E-state index in [2.05, 4.69) is 11.9 Å². The highest BCUT2D eigenvalue weighted by Crippen LogP contribution is 2.13. The molecule has 1 unspecified atom stereocenters. The van der Waals surface area contributed by atoms with Crippen LogP contribution in [-0.4, -0.2) is 35.6 Å². The minimum atomic E-state index is -1.09. The van der Waals surface area contributed by atoms with Gasteiger partial charge in [-0.25, -0.2) is 9.59 Å². The van der Waals surface area contributed by atoms with Crippen LogP contribution in [0.1, 0.15) is 18.5 Å². The summed E-state index contributed by atoms with van der Waals surface area (Å²) in [4.78, 5) is 24.5. The van der Waals surface area contributed by atoms with E-state index in [1.165, 1.54) is 4.90 Å². The number of hydrogen-bond donors (Lipinski definition) is 2. The smallest absolute Gasteiger partial charge is 0.330 e.